The molecule has 140 valence electrons. The van der Waals surface area contributed by atoms with Crippen molar-refractivity contribution in [3.05, 3.63) is 90.2 Å². The maximum Gasteiger partial charge on any atom is 0.291 e. The largest absolute Gasteiger partial charge is 0.451 e. The molecule has 0 spiro atoms. The topological polar surface area (TPSA) is 63.5 Å². The lowest BCUT2D eigenvalue weighted by molar-refractivity contribution is 0.0992. The van der Waals surface area contributed by atoms with Crippen molar-refractivity contribution in [2.75, 3.05) is 17.7 Å². The van der Waals surface area contributed by atoms with Crippen LogP contribution in [0.3, 0.4) is 0 Å². The number of hydrogen-bond acceptors (Lipinski definition) is 4. The van der Waals surface area contributed by atoms with Crippen molar-refractivity contribution in [1.82, 2.24) is 0 Å². The fraction of sp³-hybridized carbons (Fsp3) is 0.0870. The minimum atomic E-state index is -0.299. The van der Waals surface area contributed by atoms with E-state index in [4.69, 9.17) is 9.15 Å². The second-order valence-corrected chi connectivity index (χ2v) is 6.36. The lowest BCUT2D eigenvalue weighted by atomic mass is 10.1. The van der Waals surface area contributed by atoms with Gasteiger partial charge < -0.3 is 19.8 Å². The fourth-order valence-corrected chi connectivity index (χ4v) is 3.08. The molecule has 0 saturated heterocycles. The summed E-state index contributed by atoms with van der Waals surface area (Å²) in [5, 5.41) is 7.09. The van der Waals surface area contributed by atoms with Gasteiger partial charge in [-0.05, 0) is 42.5 Å². The van der Waals surface area contributed by atoms with Crippen LogP contribution >= 0.6 is 0 Å². The Kier molecular flexibility index (Phi) is 5.08. The molecule has 0 radical (unpaired) electrons. The van der Waals surface area contributed by atoms with Gasteiger partial charge >= 0.3 is 0 Å². The van der Waals surface area contributed by atoms with Crippen LogP contribution < -0.4 is 10.6 Å². The third-order valence-electron chi connectivity index (χ3n) is 4.40. The number of amides is 1. The number of rotatable bonds is 6. The first-order valence-corrected chi connectivity index (χ1v) is 8.97. The maximum absolute atomic E-state index is 12.8. The van der Waals surface area contributed by atoms with E-state index in [2.05, 4.69) is 10.6 Å². The number of carbonyl (C=O) groups is 1. The van der Waals surface area contributed by atoms with Crippen molar-refractivity contribution in [3.63, 3.8) is 0 Å². The van der Waals surface area contributed by atoms with Crippen LogP contribution in [-0.4, -0.2) is 13.0 Å². The van der Waals surface area contributed by atoms with Gasteiger partial charge in [-0.3, -0.25) is 4.79 Å². The highest BCUT2D eigenvalue weighted by Crippen LogP contribution is 2.27. The zero-order chi connectivity index (χ0) is 19.3. The summed E-state index contributed by atoms with van der Waals surface area (Å²) < 4.78 is 11.0. The number of nitrogens with one attached hydrogen (secondary N) is 2. The zero-order valence-corrected chi connectivity index (χ0v) is 15.4. The Labute approximate surface area is 162 Å². The molecule has 0 fully saturated rings. The van der Waals surface area contributed by atoms with Crippen LogP contribution in [0.4, 0.5) is 17.1 Å². The summed E-state index contributed by atoms with van der Waals surface area (Å²) in [5.74, 6) is -0.0263. The zero-order valence-electron chi connectivity index (χ0n) is 15.4. The number of furan rings is 1. The Morgan fingerprint density at radius 1 is 0.857 bits per heavy atom. The average Bonchev–Trinajstić information content (AvgIpc) is 3.09. The third-order valence-corrected chi connectivity index (χ3v) is 4.40. The molecule has 2 N–H and O–H groups in total. The second kappa shape index (κ2) is 7.98. The molecule has 3 aromatic carbocycles. The van der Waals surface area contributed by atoms with E-state index in [1.807, 2.05) is 78.9 Å². The summed E-state index contributed by atoms with van der Waals surface area (Å²) in [6.07, 6.45) is 0. The number of methoxy groups -OCH3 is 1. The highest BCUT2D eigenvalue weighted by molar-refractivity contribution is 6.06. The number of anilines is 3. The van der Waals surface area contributed by atoms with Gasteiger partial charge in [-0.25, -0.2) is 0 Å². The van der Waals surface area contributed by atoms with Gasteiger partial charge in [0.05, 0.1) is 6.61 Å². The van der Waals surface area contributed by atoms with Crippen molar-refractivity contribution in [3.8, 4) is 0 Å². The van der Waals surface area contributed by atoms with Gasteiger partial charge in [0.2, 0.25) is 0 Å². The fourth-order valence-electron chi connectivity index (χ4n) is 3.08. The SMILES string of the molecule is COCc1c(C(=O)Nc2ccc(Nc3ccccc3)cc2)oc2ccccc12. The number of ether oxygens (including phenoxy) is 1. The molecule has 1 aromatic heterocycles. The molecule has 0 aliphatic rings. The first-order valence-electron chi connectivity index (χ1n) is 8.97. The van der Waals surface area contributed by atoms with E-state index in [0.29, 0.717) is 17.9 Å². The molecule has 5 nitrogen and oxygen atoms in total. The van der Waals surface area contributed by atoms with E-state index in [0.717, 1.165) is 22.3 Å². The Hall–Kier alpha value is -3.57. The van der Waals surface area contributed by atoms with Gasteiger partial charge in [0.1, 0.15) is 5.58 Å². The Bertz CT molecular complexity index is 1090. The molecule has 1 heterocycles. The van der Waals surface area contributed by atoms with Gasteiger partial charge in [-0.1, -0.05) is 36.4 Å². The minimum absolute atomic E-state index is 0.273. The van der Waals surface area contributed by atoms with Crippen molar-refractivity contribution in [2.24, 2.45) is 0 Å². The monoisotopic (exact) mass is 372 g/mol. The van der Waals surface area contributed by atoms with Crippen LogP contribution in [0.2, 0.25) is 0 Å². The van der Waals surface area contributed by atoms with E-state index < -0.39 is 0 Å². The van der Waals surface area contributed by atoms with Gasteiger partial charge in [0.25, 0.3) is 5.91 Å². The van der Waals surface area contributed by atoms with Crippen LogP contribution in [-0.2, 0) is 11.3 Å². The summed E-state index contributed by atoms with van der Waals surface area (Å²) in [7, 11) is 1.60. The predicted octanol–water partition coefficient (Wildman–Crippen LogP) is 5.58. The highest BCUT2D eigenvalue weighted by Gasteiger charge is 2.20. The summed E-state index contributed by atoms with van der Waals surface area (Å²) in [4.78, 5) is 12.8. The number of para-hydroxylation sites is 2. The smallest absolute Gasteiger partial charge is 0.291 e. The normalized spacial score (nSPS) is 10.8. The first kappa shape index (κ1) is 17.8. The maximum atomic E-state index is 12.8. The molecule has 4 aromatic rings. The molecular formula is C23H20N2O3. The summed E-state index contributed by atoms with van der Waals surface area (Å²) in [6, 6.07) is 25.0. The quantitative estimate of drug-likeness (QED) is 0.464. The molecule has 28 heavy (non-hydrogen) atoms. The van der Waals surface area contributed by atoms with E-state index in [1.54, 1.807) is 7.11 Å². The van der Waals surface area contributed by atoms with Crippen LogP contribution in [0.1, 0.15) is 16.1 Å². The minimum Gasteiger partial charge on any atom is -0.451 e. The molecule has 5 heteroatoms. The molecule has 1 amide bonds. The molecular weight excluding hydrogens is 352 g/mol. The van der Waals surface area contributed by atoms with Crippen molar-refractivity contribution in [2.45, 2.75) is 6.61 Å². The Balaban J connectivity index is 1.52. The average molecular weight is 372 g/mol. The van der Waals surface area contributed by atoms with E-state index in [1.165, 1.54) is 0 Å². The molecule has 0 unspecified atom stereocenters. The lowest BCUT2D eigenvalue weighted by Gasteiger charge is -2.08. The second-order valence-electron chi connectivity index (χ2n) is 6.36. The van der Waals surface area contributed by atoms with Crippen LogP contribution in [0.5, 0.6) is 0 Å². The van der Waals surface area contributed by atoms with Crippen LogP contribution in [0.15, 0.2) is 83.3 Å². The number of fused-ring (bicyclic) bond motifs is 1. The number of benzene rings is 3. The van der Waals surface area contributed by atoms with Gasteiger partial charge in [-0.2, -0.15) is 0 Å². The van der Waals surface area contributed by atoms with Gasteiger partial charge in [-0.15, -0.1) is 0 Å². The van der Waals surface area contributed by atoms with Gasteiger partial charge in [0.15, 0.2) is 5.76 Å². The first-order chi connectivity index (χ1) is 13.7. The van der Waals surface area contributed by atoms with E-state index in [9.17, 15) is 4.79 Å². The molecule has 0 saturated carbocycles. The molecule has 4 rings (SSSR count). The van der Waals surface area contributed by atoms with E-state index >= 15 is 0 Å². The summed E-state index contributed by atoms with van der Waals surface area (Å²) in [6.45, 7) is 0.305. The number of hydrogen-bond donors (Lipinski definition) is 2. The Morgan fingerprint density at radius 3 is 2.25 bits per heavy atom. The molecule has 0 atom stereocenters. The summed E-state index contributed by atoms with van der Waals surface area (Å²) in [5.41, 5.74) is 4.05. The van der Waals surface area contributed by atoms with Crippen LogP contribution in [0, 0.1) is 0 Å². The Morgan fingerprint density at radius 2 is 1.50 bits per heavy atom. The van der Waals surface area contributed by atoms with E-state index in [-0.39, 0.29) is 11.7 Å². The van der Waals surface area contributed by atoms with Crippen molar-refractivity contribution >= 4 is 33.9 Å². The lowest BCUT2D eigenvalue weighted by Crippen LogP contribution is -2.13. The standard InChI is InChI=1S/C23H20N2O3/c1-27-15-20-19-9-5-6-10-21(19)28-22(20)23(26)25-18-13-11-17(12-14-18)24-16-7-3-2-4-8-16/h2-14,24H,15H2,1H3,(H,25,26). The molecule has 0 aliphatic heterocycles. The highest BCUT2D eigenvalue weighted by atomic mass is 16.5. The van der Waals surface area contributed by atoms with Gasteiger partial charge in [0, 0.05) is 35.1 Å². The molecule has 0 bridgehead atoms. The summed E-state index contributed by atoms with van der Waals surface area (Å²) >= 11 is 0. The predicted molar refractivity (Wildman–Crippen MR) is 111 cm³/mol. The number of carbonyl (C=O) groups excluding carboxylic acids is 1. The molecule has 0 aliphatic carbocycles. The van der Waals surface area contributed by atoms with Crippen LogP contribution in [0.25, 0.3) is 11.0 Å². The van der Waals surface area contributed by atoms with Crippen molar-refractivity contribution < 1.29 is 13.9 Å². The van der Waals surface area contributed by atoms with Crippen molar-refractivity contribution in [1.29, 1.82) is 0 Å². The third kappa shape index (κ3) is 3.75.